The van der Waals surface area contributed by atoms with Crippen molar-refractivity contribution >= 4 is 5.97 Å². The van der Waals surface area contributed by atoms with Crippen LogP contribution in [0.15, 0.2) is 24.0 Å². The van der Waals surface area contributed by atoms with Gasteiger partial charge < -0.3 is 24.2 Å². The Hall–Kier alpha value is -2.05. The highest BCUT2D eigenvalue weighted by molar-refractivity contribution is 5.71. The van der Waals surface area contributed by atoms with E-state index in [1.165, 1.54) is 5.56 Å². The van der Waals surface area contributed by atoms with Crippen molar-refractivity contribution in [2.24, 2.45) is 0 Å². The molecule has 1 saturated heterocycles. The molecule has 2 aliphatic carbocycles. The van der Waals surface area contributed by atoms with Crippen LogP contribution in [0.5, 0.6) is 11.5 Å². The summed E-state index contributed by atoms with van der Waals surface area (Å²) in [6.45, 7) is 2.81. The van der Waals surface area contributed by atoms with Crippen LogP contribution in [0.1, 0.15) is 43.7 Å². The summed E-state index contributed by atoms with van der Waals surface area (Å²) in [5.74, 6) is 1.66. The molecule has 1 fully saturated rings. The van der Waals surface area contributed by atoms with Gasteiger partial charge in [0.25, 0.3) is 0 Å². The quantitative estimate of drug-likeness (QED) is 0.803. The van der Waals surface area contributed by atoms with Gasteiger partial charge in [0.2, 0.25) is 0 Å². The van der Waals surface area contributed by atoms with Gasteiger partial charge in [0.05, 0.1) is 18.1 Å². The van der Waals surface area contributed by atoms with Crippen molar-refractivity contribution in [2.45, 2.75) is 62.2 Å². The molecule has 0 saturated carbocycles. The summed E-state index contributed by atoms with van der Waals surface area (Å²) in [6, 6.07) is 4.04. The lowest BCUT2D eigenvalue weighted by Crippen LogP contribution is -2.74. The van der Waals surface area contributed by atoms with Gasteiger partial charge >= 0.3 is 5.97 Å². The van der Waals surface area contributed by atoms with Crippen molar-refractivity contribution in [1.29, 1.82) is 0 Å². The van der Waals surface area contributed by atoms with Crippen LogP contribution in [0.2, 0.25) is 0 Å². The van der Waals surface area contributed by atoms with Gasteiger partial charge in [-0.15, -0.1) is 0 Å². The molecule has 150 valence electrons. The monoisotopic (exact) mass is 385 g/mol. The third kappa shape index (κ3) is 2.02. The fourth-order valence-corrected chi connectivity index (χ4v) is 5.97. The van der Waals surface area contributed by atoms with Crippen LogP contribution in [0.25, 0.3) is 0 Å². The van der Waals surface area contributed by atoms with E-state index in [4.69, 9.17) is 14.2 Å². The molecule has 2 bridgehead atoms. The molecule has 1 aromatic rings. The van der Waals surface area contributed by atoms with E-state index in [-0.39, 0.29) is 12.0 Å². The fourth-order valence-electron chi connectivity index (χ4n) is 5.97. The van der Waals surface area contributed by atoms with E-state index in [1.54, 1.807) is 7.11 Å². The lowest BCUT2D eigenvalue weighted by atomic mass is 9.50. The summed E-state index contributed by atoms with van der Waals surface area (Å²) in [5.41, 5.74) is 0.676. The molecular formula is C22H27NO5. The Bertz CT molecular complexity index is 880. The maximum Gasteiger partial charge on any atom is 0.310 e. The largest absolute Gasteiger partial charge is 0.493 e. The van der Waals surface area contributed by atoms with Crippen LogP contribution in [-0.2, 0) is 21.4 Å². The SMILES string of the molecule is CCCC(=O)OC1=CC[C@@]2(O)[C@H]3Cc4ccc(OC)c5c4[C@@]2(CCN3C)[C@H]1O5. The minimum absolute atomic E-state index is 0.00309. The average Bonchev–Trinajstić information content (AvgIpc) is 3.02. The maximum absolute atomic E-state index is 12.2. The number of esters is 1. The van der Waals surface area contributed by atoms with Gasteiger partial charge in [-0.3, -0.25) is 4.79 Å². The van der Waals surface area contributed by atoms with Gasteiger partial charge in [0.15, 0.2) is 17.6 Å². The Morgan fingerprint density at radius 3 is 3.00 bits per heavy atom. The average molecular weight is 385 g/mol. The second kappa shape index (κ2) is 5.97. The first kappa shape index (κ1) is 18.0. The molecule has 1 N–H and O–H groups in total. The van der Waals surface area contributed by atoms with Gasteiger partial charge in [0, 0.05) is 24.4 Å². The molecule has 0 radical (unpaired) electrons. The molecule has 6 heteroatoms. The van der Waals surface area contributed by atoms with Crippen molar-refractivity contribution in [3.8, 4) is 11.5 Å². The van der Waals surface area contributed by atoms with E-state index in [2.05, 4.69) is 18.0 Å². The zero-order valence-corrected chi connectivity index (χ0v) is 16.7. The lowest BCUT2D eigenvalue weighted by Gasteiger charge is -2.61. The Balaban J connectivity index is 1.70. The number of ether oxygens (including phenoxy) is 3. The highest BCUT2D eigenvalue weighted by Crippen LogP contribution is 2.65. The van der Waals surface area contributed by atoms with E-state index in [1.807, 2.05) is 19.1 Å². The van der Waals surface area contributed by atoms with E-state index >= 15 is 0 Å². The van der Waals surface area contributed by atoms with Crippen molar-refractivity contribution < 1.29 is 24.1 Å². The predicted molar refractivity (Wildman–Crippen MR) is 102 cm³/mol. The zero-order valence-electron chi connectivity index (χ0n) is 16.7. The highest BCUT2D eigenvalue weighted by Gasteiger charge is 2.72. The molecule has 1 aromatic carbocycles. The van der Waals surface area contributed by atoms with Crippen molar-refractivity contribution in [3.05, 3.63) is 35.1 Å². The molecule has 4 aliphatic rings. The molecule has 0 aromatic heterocycles. The molecule has 6 nitrogen and oxygen atoms in total. The second-order valence-corrected chi connectivity index (χ2v) is 8.51. The molecule has 1 spiro atoms. The topological polar surface area (TPSA) is 68.2 Å². The summed E-state index contributed by atoms with van der Waals surface area (Å²) >= 11 is 0. The Morgan fingerprint density at radius 1 is 1.43 bits per heavy atom. The number of hydrogen-bond acceptors (Lipinski definition) is 6. The number of benzene rings is 1. The number of piperidine rings is 1. The minimum Gasteiger partial charge on any atom is -0.493 e. The van der Waals surface area contributed by atoms with Crippen LogP contribution in [0, 0.1) is 0 Å². The van der Waals surface area contributed by atoms with E-state index in [0.29, 0.717) is 30.1 Å². The lowest BCUT2D eigenvalue weighted by molar-refractivity contribution is -0.169. The highest BCUT2D eigenvalue weighted by atomic mass is 16.6. The summed E-state index contributed by atoms with van der Waals surface area (Å²) in [6.07, 6.45) is 4.44. The number of methoxy groups -OCH3 is 1. The van der Waals surface area contributed by atoms with E-state index < -0.39 is 17.1 Å². The smallest absolute Gasteiger partial charge is 0.310 e. The number of hydrogen-bond donors (Lipinski definition) is 1. The standard InChI is InChI=1S/C22H27NO5/c1-4-5-17(24)27-15-8-9-22(25)16-12-13-6-7-14(26-3)19-18(13)21(22,20(15)28-19)10-11-23(16)2/h6-8,16,20,25H,4-5,9-12H2,1-3H3/t16-,20+,21+,22-/m1/s1. The van der Waals surface area contributed by atoms with Crippen LogP contribution in [0.3, 0.4) is 0 Å². The van der Waals surface area contributed by atoms with Gasteiger partial charge in [-0.25, -0.2) is 0 Å². The molecule has 2 heterocycles. The van der Waals surface area contributed by atoms with Crippen LogP contribution >= 0.6 is 0 Å². The van der Waals surface area contributed by atoms with Crippen molar-refractivity contribution in [2.75, 3.05) is 20.7 Å². The van der Waals surface area contributed by atoms with E-state index in [9.17, 15) is 9.90 Å². The summed E-state index contributed by atoms with van der Waals surface area (Å²) in [5, 5.41) is 12.1. The number of rotatable bonds is 4. The van der Waals surface area contributed by atoms with Gasteiger partial charge in [-0.2, -0.15) is 0 Å². The molecule has 0 unspecified atom stereocenters. The summed E-state index contributed by atoms with van der Waals surface area (Å²) in [4.78, 5) is 14.5. The third-order valence-electron chi connectivity index (χ3n) is 7.24. The van der Waals surface area contributed by atoms with Crippen molar-refractivity contribution in [3.63, 3.8) is 0 Å². The molecule has 28 heavy (non-hydrogen) atoms. The van der Waals surface area contributed by atoms with Crippen molar-refractivity contribution in [1.82, 2.24) is 4.90 Å². The number of likely N-dealkylation sites (tertiary alicyclic amines) is 1. The normalized spacial score (nSPS) is 34.9. The summed E-state index contributed by atoms with van der Waals surface area (Å²) < 4.78 is 17.8. The number of likely N-dealkylation sites (N-methyl/N-ethyl adjacent to an activating group) is 1. The first-order valence-corrected chi connectivity index (χ1v) is 10.2. The first-order chi connectivity index (χ1) is 13.5. The van der Waals surface area contributed by atoms with Gasteiger partial charge in [0.1, 0.15) is 5.76 Å². The number of nitrogens with zero attached hydrogens (tertiary/aromatic N) is 1. The first-order valence-electron chi connectivity index (χ1n) is 10.2. The molecule has 5 rings (SSSR count). The third-order valence-corrected chi connectivity index (χ3v) is 7.24. The van der Waals surface area contributed by atoms with Crippen LogP contribution in [-0.4, -0.2) is 54.4 Å². The number of carbonyl (C=O) groups is 1. The number of aliphatic hydroxyl groups is 1. The minimum atomic E-state index is -0.962. The Morgan fingerprint density at radius 2 is 2.25 bits per heavy atom. The maximum atomic E-state index is 12.2. The Kier molecular flexibility index (Phi) is 3.84. The fraction of sp³-hybridized carbons (Fsp3) is 0.591. The molecule has 2 aliphatic heterocycles. The predicted octanol–water partition coefficient (Wildman–Crippen LogP) is 2.32. The van der Waals surface area contributed by atoms with E-state index in [0.717, 1.165) is 31.4 Å². The van der Waals surface area contributed by atoms with Crippen LogP contribution in [0.4, 0.5) is 0 Å². The van der Waals surface area contributed by atoms with Gasteiger partial charge in [-0.1, -0.05) is 13.0 Å². The zero-order chi connectivity index (χ0) is 19.7. The Labute approximate surface area is 165 Å². The number of carbonyl (C=O) groups excluding carboxylic acids is 1. The molecular weight excluding hydrogens is 358 g/mol. The van der Waals surface area contributed by atoms with Crippen LogP contribution < -0.4 is 9.47 Å². The molecule has 0 amide bonds. The second-order valence-electron chi connectivity index (χ2n) is 8.51. The van der Waals surface area contributed by atoms with Gasteiger partial charge in [-0.05, 0) is 50.6 Å². The molecule has 4 atom stereocenters. The summed E-state index contributed by atoms with van der Waals surface area (Å²) in [7, 11) is 3.71.